The van der Waals surface area contributed by atoms with E-state index < -0.39 is 5.60 Å². The first-order valence-electron chi connectivity index (χ1n) is 7.11. The van der Waals surface area contributed by atoms with Gasteiger partial charge in [-0.3, -0.25) is 14.5 Å². The molecule has 0 saturated carbocycles. The monoisotopic (exact) mass is 300 g/mol. The van der Waals surface area contributed by atoms with Crippen molar-refractivity contribution in [3.8, 4) is 0 Å². The lowest BCUT2D eigenvalue weighted by atomic mass is 10.1. The summed E-state index contributed by atoms with van der Waals surface area (Å²) in [5, 5.41) is 15.0. The summed E-state index contributed by atoms with van der Waals surface area (Å²) in [6, 6.07) is 0. The van der Waals surface area contributed by atoms with E-state index in [0.717, 1.165) is 55.7 Å². The van der Waals surface area contributed by atoms with Gasteiger partial charge in [0.15, 0.2) is 0 Å². The van der Waals surface area contributed by atoms with Crippen molar-refractivity contribution in [3.05, 3.63) is 16.4 Å². The van der Waals surface area contributed by atoms with Crippen LogP contribution in [0.15, 0.2) is 0 Å². The molecule has 1 aromatic rings. The fourth-order valence-corrected chi connectivity index (χ4v) is 2.96. The van der Waals surface area contributed by atoms with E-state index in [2.05, 4.69) is 14.9 Å². The molecule has 1 aliphatic rings. The van der Waals surface area contributed by atoms with E-state index in [-0.39, 0.29) is 0 Å². The van der Waals surface area contributed by atoms with Gasteiger partial charge in [0.2, 0.25) is 0 Å². The van der Waals surface area contributed by atoms with Crippen molar-refractivity contribution in [3.63, 3.8) is 0 Å². The van der Waals surface area contributed by atoms with Gasteiger partial charge in [0.25, 0.3) is 0 Å². The molecule has 0 amide bonds. The van der Waals surface area contributed by atoms with Gasteiger partial charge in [0, 0.05) is 51.9 Å². The Hall–Kier alpha value is -0.620. The highest BCUT2D eigenvalue weighted by Gasteiger charge is 2.24. The first-order valence-corrected chi connectivity index (χ1v) is 7.49. The van der Waals surface area contributed by atoms with Crippen LogP contribution in [0.25, 0.3) is 0 Å². The Morgan fingerprint density at radius 2 is 1.75 bits per heavy atom. The van der Waals surface area contributed by atoms with Gasteiger partial charge in [-0.2, -0.15) is 5.10 Å². The molecular formula is C14H25ClN4O. The molecule has 2 rings (SSSR count). The maximum absolute atomic E-state index is 9.86. The number of hydrogen-bond acceptors (Lipinski definition) is 4. The summed E-state index contributed by atoms with van der Waals surface area (Å²) in [5.41, 5.74) is 1.52. The third-order valence-electron chi connectivity index (χ3n) is 3.73. The van der Waals surface area contributed by atoms with E-state index in [1.807, 2.05) is 27.8 Å². The average Bonchev–Trinajstić information content (AvgIpc) is 2.56. The Balaban J connectivity index is 1.88. The van der Waals surface area contributed by atoms with Crippen LogP contribution in [-0.2, 0) is 13.6 Å². The molecule has 2 heterocycles. The number of hydrogen-bond donors (Lipinski definition) is 1. The van der Waals surface area contributed by atoms with Crippen LogP contribution < -0.4 is 0 Å². The van der Waals surface area contributed by atoms with Gasteiger partial charge in [-0.05, 0) is 20.8 Å². The summed E-state index contributed by atoms with van der Waals surface area (Å²) < 4.78 is 1.73. The van der Waals surface area contributed by atoms with E-state index in [1.54, 1.807) is 4.68 Å². The molecule has 1 N–H and O–H groups in total. The Kier molecular flexibility index (Phi) is 4.74. The zero-order chi connectivity index (χ0) is 14.9. The quantitative estimate of drug-likeness (QED) is 0.909. The number of aliphatic hydroxyl groups is 1. The zero-order valence-corrected chi connectivity index (χ0v) is 13.6. The third-order valence-corrected chi connectivity index (χ3v) is 4.20. The second-order valence-electron chi connectivity index (χ2n) is 6.34. The van der Waals surface area contributed by atoms with Crippen LogP contribution in [0, 0.1) is 6.92 Å². The van der Waals surface area contributed by atoms with Crippen molar-refractivity contribution in [2.75, 3.05) is 32.7 Å². The molecule has 0 aliphatic carbocycles. The van der Waals surface area contributed by atoms with Gasteiger partial charge in [0.1, 0.15) is 5.15 Å². The van der Waals surface area contributed by atoms with E-state index in [9.17, 15) is 5.11 Å². The molecule has 0 bridgehead atoms. The van der Waals surface area contributed by atoms with Gasteiger partial charge >= 0.3 is 0 Å². The Morgan fingerprint density at radius 3 is 2.20 bits per heavy atom. The lowest BCUT2D eigenvalue weighted by Crippen LogP contribution is -2.50. The predicted molar refractivity (Wildman–Crippen MR) is 81.0 cm³/mol. The topological polar surface area (TPSA) is 44.5 Å². The first kappa shape index (κ1) is 15.8. The Bertz CT molecular complexity index is 458. The summed E-state index contributed by atoms with van der Waals surface area (Å²) in [5.74, 6) is 0. The van der Waals surface area contributed by atoms with Crippen LogP contribution in [0.3, 0.4) is 0 Å². The smallest absolute Gasteiger partial charge is 0.131 e. The van der Waals surface area contributed by atoms with E-state index in [0.29, 0.717) is 0 Å². The van der Waals surface area contributed by atoms with Crippen LogP contribution in [-0.4, -0.2) is 63.0 Å². The molecule has 1 aromatic heterocycles. The molecule has 20 heavy (non-hydrogen) atoms. The van der Waals surface area contributed by atoms with Gasteiger partial charge in [-0.25, -0.2) is 0 Å². The van der Waals surface area contributed by atoms with Crippen molar-refractivity contribution < 1.29 is 5.11 Å². The lowest BCUT2D eigenvalue weighted by molar-refractivity contribution is 0.0166. The molecule has 5 nitrogen and oxygen atoms in total. The van der Waals surface area contributed by atoms with E-state index >= 15 is 0 Å². The summed E-state index contributed by atoms with van der Waals surface area (Å²) >= 11 is 6.28. The van der Waals surface area contributed by atoms with Crippen LogP contribution >= 0.6 is 11.6 Å². The molecule has 0 spiro atoms. The number of piperazine rings is 1. The first-order chi connectivity index (χ1) is 9.26. The summed E-state index contributed by atoms with van der Waals surface area (Å²) in [6.45, 7) is 11.3. The maximum atomic E-state index is 9.86. The van der Waals surface area contributed by atoms with E-state index in [1.165, 1.54) is 0 Å². The van der Waals surface area contributed by atoms with Crippen molar-refractivity contribution in [1.82, 2.24) is 19.6 Å². The third kappa shape index (κ3) is 3.95. The van der Waals surface area contributed by atoms with Gasteiger partial charge < -0.3 is 5.11 Å². The molecule has 0 atom stereocenters. The molecule has 0 aromatic carbocycles. The van der Waals surface area contributed by atoms with Crippen molar-refractivity contribution in [2.24, 2.45) is 7.05 Å². The highest BCUT2D eigenvalue weighted by atomic mass is 35.5. The number of β-amino-alcohol motifs (C(OH)–C–C–N with tert-alkyl or cyclic N) is 1. The van der Waals surface area contributed by atoms with Gasteiger partial charge in [-0.1, -0.05) is 11.6 Å². The SMILES string of the molecule is Cc1nn(C)c(Cl)c1CN1CCN(CC(C)(C)O)CC1. The number of rotatable bonds is 4. The Morgan fingerprint density at radius 1 is 1.20 bits per heavy atom. The highest BCUT2D eigenvalue weighted by Crippen LogP contribution is 2.21. The number of aromatic nitrogens is 2. The van der Waals surface area contributed by atoms with Crippen LogP contribution in [0.5, 0.6) is 0 Å². The highest BCUT2D eigenvalue weighted by molar-refractivity contribution is 6.30. The maximum Gasteiger partial charge on any atom is 0.131 e. The fraction of sp³-hybridized carbons (Fsp3) is 0.786. The molecule has 6 heteroatoms. The minimum absolute atomic E-state index is 0.620. The van der Waals surface area contributed by atoms with Crippen molar-refractivity contribution >= 4 is 11.6 Å². The standard InChI is InChI=1S/C14H25ClN4O/c1-11-12(13(15)17(4)16-11)9-18-5-7-19(8-6-18)10-14(2,3)20/h20H,5-10H2,1-4H3. The fourth-order valence-electron chi connectivity index (χ4n) is 2.73. The number of halogens is 1. The molecule has 1 fully saturated rings. The van der Waals surface area contributed by atoms with Gasteiger partial charge in [-0.15, -0.1) is 0 Å². The van der Waals surface area contributed by atoms with Gasteiger partial charge in [0.05, 0.1) is 11.3 Å². The summed E-state index contributed by atoms with van der Waals surface area (Å²) in [6.07, 6.45) is 0. The molecule has 1 saturated heterocycles. The summed E-state index contributed by atoms with van der Waals surface area (Å²) in [7, 11) is 1.88. The molecular weight excluding hydrogens is 276 g/mol. The predicted octanol–water partition coefficient (Wildman–Crippen LogP) is 1.27. The Labute approximate surface area is 126 Å². The van der Waals surface area contributed by atoms with Crippen molar-refractivity contribution in [2.45, 2.75) is 32.9 Å². The second-order valence-corrected chi connectivity index (χ2v) is 6.70. The number of aryl methyl sites for hydroxylation is 2. The minimum Gasteiger partial charge on any atom is -0.389 e. The molecule has 0 unspecified atom stereocenters. The van der Waals surface area contributed by atoms with Crippen LogP contribution in [0.1, 0.15) is 25.1 Å². The minimum atomic E-state index is -0.620. The zero-order valence-electron chi connectivity index (χ0n) is 12.9. The molecule has 1 aliphatic heterocycles. The summed E-state index contributed by atoms with van der Waals surface area (Å²) in [4.78, 5) is 4.71. The van der Waals surface area contributed by atoms with E-state index in [4.69, 9.17) is 11.6 Å². The normalized spacial score (nSPS) is 18.7. The van der Waals surface area contributed by atoms with Crippen LogP contribution in [0.2, 0.25) is 5.15 Å². The van der Waals surface area contributed by atoms with Crippen molar-refractivity contribution in [1.29, 1.82) is 0 Å². The lowest BCUT2D eigenvalue weighted by Gasteiger charge is -2.37. The molecule has 114 valence electrons. The largest absolute Gasteiger partial charge is 0.389 e. The van der Waals surface area contributed by atoms with Crippen LogP contribution in [0.4, 0.5) is 0 Å². The second kappa shape index (κ2) is 6.02. The number of nitrogens with zero attached hydrogens (tertiary/aromatic N) is 4. The average molecular weight is 301 g/mol. The molecule has 0 radical (unpaired) electrons.